The number of hydrogen-bond donors (Lipinski definition) is 2. The molecule has 1 aliphatic heterocycles. The van der Waals surface area contributed by atoms with Gasteiger partial charge in [0.15, 0.2) is 0 Å². The summed E-state index contributed by atoms with van der Waals surface area (Å²) in [6, 6.07) is 2.86. The van der Waals surface area contributed by atoms with Gasteiger partial charge in [-0.2, -0.15) is 0 Å². The summed E-state index contributed by atoms with van der Waals surface area (Å²) in [7, 11) is -4.00. The molecule has 2 unspecified atom stereocenters. The van der Waals surface area contributed by atoms with Gasteiger partial charge >= 0.3 is 0 Å². The van der Waals surface area contributed by atoms with E-state index in [0.717, 1.165) is 18.2 Å². The molecule has 0 aliphatic carbocycles. The first-order chi connectivity index (χ1) is 9.63. The second-order valence-corrected chi connectivity index (χ2v) is 6.88. The molecule has 3 N–H and O–H groups in total. The molecule has 8 heteroatoms. The minimum Gasteiger partial charge on any atom is -0.376 e. The van der Waals surface area contributed by atoms with E-state index in [4.69, 9.17) is 9.88 Å². The molecular weight excluding hydrogens is 299 g/mol. The Balaban J connectivity index is 2.31. The van der Waals surface area contributed by atoms with Crippen LogP contribution in [0, 0.1) is 5.82 Å². The highest BCUT2D eigenvalue weighted by molar-refractivity contribution is 7.89. The Labute approximate surface area is 122 Å². The zero-order valence-electron chi connectivity index (χ0n) is 11.7. The van der Waals surface area contributed by atoms with E-state index in [9.17, 15) is 17.6 Å². The number of carbonyl (C=O) groups excluding carboxylic acids is 1. The van der Waals surface area contributed by atoms with E-state index in [1.165, 1.54) is 0 Å². The van der Waals surface area contributed by atoms with Crippen LogP contribution in [0.4, 0.5) is 4.39 Å². The first-order valence-corrected chi connectivity index (χ1v) is 7.94. The molecule has 1 heterocycles. The van der Waals surface area contributed by atoms with E-state index >= 15 is 0 Å². The summed E-state index contributed by atoms with van der Waals surface area (Å²) < 4.78 is 41.7. The minimum absolute atomic E-state index is 0.217. The number of sulfonamides is 1. The SMILES string of the molecule is CC1OCCC1(C)NC(=O)c1cc(S(N)(=O)=O)ccc1F. The quantitative estimate of drug-likeness (QED) is 0.860. The van der Waals surface area contributed by atoms with Crippen molar-refractivity contribution in [3.05, 3.63) is 29.6 Å². The van der Waals surface area contributed by atoms with E-state index in [0.29, 0.717) is 13.0 Å². The Kier molecular flexibility index (Phi) is 4.05. The fourth-order valence-electron chi connectivity index (χ4n) is 2.18. The Bertz CT molecular complexity index is 677. The van der Waals surface area contributed by atoms with E-state index in [-0.39, 0.29) is 16.6 Å². The molecular formula is C13H17FN2O4S. The number of rotatable bonds is 3. The van der Waals surface area contributed by atoms with Crippen molar-refractivity contribution in [1.82, 2.24) is 5.32 Å². The summed E-state index contributed by atoms with van der Waals surface area (Å²) in [5.41, 5.74) is -0.983. The van der Waals surface area contributed by atoms with Crippen molar-refractivity contribution in [2.45, 2.75) is 36.8 Å². The van der Waals surface area contributed by atoms with Crippen molar-refractivity contribution < 1.29 is 22.3 Å². The van der Waals surface area contributed by atoms with Crippen molar-refractivity contribution >= 4 is 15.9 Å². The van der Waals surface area contributed by atoms with Gasteiger partial charge in [0.1, 0.15) is 5.82 Å². The summed E-state index contributed by atoms with van der Waals surface area (Å²) in [4.78, 5) is 11.9. The van der Waals surface area contributed by atoms with Crippen LogP contribution in [0.25, 0.3) is 0 Å². The largest absolute Gasteiger partial charge is 0.376 e. The van der Waals surface area contributed by atoms with Crippen LogP contribution in [-0.4, -0.2) is 32.6 Å². The molecule has 1 aliphatic rings. The lowest BCUT2D eigenvalue weighted by molar-refractivity contribution is 0.0724. The lowest BCUT2D eigenvalue weighted by Crippen LogP contribution is -2.50. The summed E-state index contributed by atoms with van der Waals surface area (Å²) >= 11 is 0. The Morgan fingerprint density at radius 3 is 2.71 bits per heavy atom. The summed E-state index contributed by atoms with van der Waals surface area (Å²) in [6.45, 7) is 4.10. The van der Waals surface area contributed by atoms with Crippen molar-refractivity contribution in [3.8, 4) is 0 Å². The van der Waals surface area contributed by atoms with Crippen LogP contribution in [0.2, 0.25) is 0 Å². The highest BCUT2D eigenvalue weighted by atomic mass is 32.2. The molecule has 116 valence electrons. The van der Waals surface area contributed by atoms with Gasteiger partial charge in [0, 0.05) is 6.61 Å². The molecule has 2 atom stereocenters. The van der Waals surface area contributed by atoms with Gasteiger partial charge in [-0.25, -0.2) is 17.9 Å². The molecule has 1 amide bonds. The zero-order valence-corrected chi connectivity index (χ0v) is 12.5. The molecule has 1 fully saturated rings. The van der Waals surface area contributed by atoms with Crippen LogP contribution < -0.4 is 10.5 Å². The maximum atomic E-state index is 13.8. The fourth-order valence-corrected chi connectivity index (χ4v) is 2.72. The van der Waals surface area contributed by atoms with Crippen LogP contribution in [0.15, 0.2) is 23.1 Å². The maximum Gasteiger partial charge on any atom is 0.254 e. The lowest BCUT2D eigenvalue weighted by atomic mass is 9.94. The third kappa shape index (κ3) is 3.22. The number of ether oxygens (including phenoxy) is 1. The Morgan fingerprint density at radius 1 is 1.52 bits per heavy atom. The van der Waals surface area contributed by atoms with Crippen LogP contribution in [0.3, 0.4) is 0 Å². The first-order valence-electron chi connectivity index (χ1n) is 6.40. The topological polar surface area (TPSA) is 98.5 Å². The molecule has 0 radical (unpaired) electrons. The van der Waals surface area contributed by atoms with E-state index in [1.54, 1.807) is 6.92 Å². The lowest BCUT2D eigenvalue weighted by Gasteiger charge is -2.29. The summed E-state index contributed by atoms with van der Waals surface area (Å²) in [5, 5.41) is 7.69. The number of carbonyl (C=O) groups is 1. The van der Waals surface area contributed by atoms with Crippen molar-refractivity contribution in [2.24, 2.45) is 5.14 Å². The van der Waals surface area contributed by atoms with E-state index < -0.39 is 27.3 Å². The molecule has 21 heavy (non-hydrogen) atoms. The first kappa shape index (κ1) is 15.9. The molecule has 0 saturated carbocycles. The molecule has 6 nitrogen and oxygen atoms in total. The van der Waals surface area contributed by atoms with E-state index in [2.05, 4.69) is 5.32 Å². The Morgan fingerprint density at radius 2 is 2.19 bits per heavy atom. The second kappa shape index (κ2) is 5.36. The van der Waals surface area contributed by atoms with Crippen LogP contribution in [-0.2, 0) is 14.8 Å². The van der Waals surface area contributed by atoms with Gasteiger partial charge < -0.3 is 10.1 Å². The van der Waals surface area contributed by atoms with Gasteiger partial charge in [0.05, 0.1) is 22.1 Å². The van der Waals surface area contributed by atoms with Gasteiger partial charge in [-0.1, -0.05) is 0 Å². The van der Waals surface area contributed by atoms with Crippen molar-refractivity contribution in [1.29, 1.82) is 0 Å². The molecule has 1 aromatic rings. The van der Waals surface area contributed by atoms with E-state index in [1.807, 2.05) is 6.92 Å². The molecule has 1 saturated heterocycles. The van der Waals surface area contributed by atoms with Crippen LogP contribution >= 0.6 is 0 Å². The smallest absolute Gasteiger partial charge is 0.254 e. The monoisotopic (exact) mass is 316 g/mol. The predicted octanol–water partition coefficient (Wildman–Crippen LogP) is 0.770. The Hall–Kier alpha value is -1.51. The number of nitrogens with two attached hydrogens (primary N) is 1. The van der Waals surface area contributed by atoms with Gasteiger partial charge in [-0.15, -0.1) is 0 Å². The highest BCUT2D eigenvalue weighted by Gasteiger charge is 2.38. The second-order valence-electron chi connectivity index (χ2n) is 5.32. The summed E-state index contributed by atoms with van der Waals surface area (Å²) in [6.07, 6.45) is 0.377. The van der Waals surface area contributed by atoms with Gasteiger partial charge in [0.2, 0.25) is 10.0 Å². The number of nitrogens with one attached hydrogen (secondary N) is 1. The van der Waals surface area contributed by atoms with Gasteiger partial charge in [0.25, 0.3) is 5.91 Å². The fraction of sp³-hybridized carbons (Fsp3) is 0.462. The summed E-state index contributed by atoms with van der Waals surface area (Å²) in [5.74, 6) is -1.51. The predicted molar refractivity (Wildman–Crippen MR) is 73.7 cm³/mol. The molecule has 0 spiro atoms. The zero-order chi connectivity index (χ0) is 15.8. The average Bonchev–Trinajstić information content (AvgIpc) is 2.68. The number of hydrogen-bond acceptors (Lipinski definition) is 4. The average molecular weight is 316 g/mol. The van der Waals surface area contributed by atoms with Crippen LogP contribution in [0.1, 0.15) is 30.6 Å². The van der Waals surface area contributed by atoms with Gasteiger partial charge in [-0.3, -0.25) is 4.79 Å². The minimum atomic E-state index is -4.00. The standard InChI is InChI=1S/C13H17FN2O4S/c1-8-13(2,5-6-20-8)16-12(17)10-7-9(21(15,18)19)3-4-11(10)14/h3-4,7-8H,5-6H2,1-2H3,(H,16,17)(H2,15,18,19). The normalized spacial score (nSPS) is 25.8. The molecule has 1 aromatic carbocycles. The third-order valence-corrected chi connectivity index (χ3v) is 4.71. The van der Waals surface area contributed by atoms with Crippen molar-refractivity contribution in [2.75, 3.05) is 6.61 Å². The van der Waals surface area contributed by atoms with Crippen molar-refractivity contribution in [3.63, 3.8) is 0 Å². The third-order valence-electron chi connectivity index (χ3n) is 3.80. The van der Waals surface area contributed by atoms with Gasteiger partial charge in [-0.05, 0) is 38.5 Å². The molecule has 2 rings (SSSR count). The molecule has 0 bridgehead atoms. The highest BCUT2D eigenvalue weighted by Crippen LogP contribution is 2.26. The number of primary sulfonamides is 1. The van der Waals surface area contributed by atoms with Crippen LogP contribution in [0.5, 0.6) is 0 Å². The number of halogens is 1. The number of benzene rings is 1. The maximum absolute atomic E-state index is 13.8. The molecule has 0 aromatic heterocycles. The number of amides is 1.